The molecule has 0 radical (unpaired) electrons. The van der Waals surface area contributed by atoms with Gasteiger partial charge in [-0.25, -0.2) is 0 Å². The Labute approximate surface area is 96.0 Å². The van der Waals surface area contributed by atoms with Gasteiger partial charge in [0.2, 0.25) is 0 Å². The molecule has 0 rings (SSSR count). The molecule has 5 nitrogen and oxygen atoms in total. The second-order valence-electron chi connectivity index (χ2n) is 0. The molecule has 0 bridgehead atoms. The van der Waals surface area contributed by atoms with Gasteiger partial charge < -0.3 is 24.0 Å². The summed E-state index contributed by atoms with van der Waals surface area (Å²) in [5.41, 5.74) is 0. The third-order valence-corrected chi connectivity index (χ3v) is 0. The molecule has 12 heavy (non-hydrogen) atoms. The molecular weight excluding hydrogens is 391 g/mol. The van der Waals surface area contributed by atoms with Gasteiger partial charge in [0.25, 0.3) is 0 Å². The quantitative estimate of drug-likeness (QED) is 0.287. The van der Waals surface area contributed by atoms with Crippen molar-refractivity contribution in [3.8, 4) is 0 Å². The van der Waals surface area contributed by atoms with E-state index in [1.807, 2.05) is 0 Å². The van der Waals surface area contributed by atoms with E-state index in [4.69, 9.17) is 24.0 Å². The minimum Gasteiger partial charge on any atom is -0.545 e. The number of carbonyl (C=O) groups excluding carboxylic acids is 5. The minimum atomic E-state index is 0. The van der Waals surface area contributed by atoms with Crippen LogP contribution < -0.4 is 0 Å². The van der Waals surface area contributed by atoms with Crippen molar-refractivity contribution in [1.82, 2.24) is 0 Å². The second kappa shape index (κ2) is 4930. The van der Waals surface area contributed by atoms with Gasteiger partial charge in [0, 0.05) is 38.1 Å². The second-order valence-corrected chi connectivity index (χ2v) is 0. The minimum absolute atomic E-state index is 0. The van der Waals surface area contributed by atoms with Crippen molar-refractivity contribution >= 4 is 33.9 Å². The predicted molar refractivity (Wildman–Crippen MR) is 33.8 cm³/mol. The van der Waals surface area contributed by atoms with Gasteiger partial charge >= 0.3 is 0 Å². The molecular formula is C5H5FeO5Pt-5. The normalized spacial score (nSPS) is 1.67. The zero-order valence-corrected chi connectivity index (χ0v) is 8.97. The van der Waals surface area contributed by atoms with E-state index in [0.717, 1.165) is 0 Å². The third-order valence-electron chi connectivity index (χ3n) is 0. The van der Waals surface area contributed by atoms with E-state index in [1.165, 1.54) is 0 Å². The van der Waals surface area contributed by atoms with Crippen molar-refractivity contribution < 1.29 is 62.1 Å². The van der Waals surface area contributed by atoms with Crippen LogP contribution in [0.3, 0.4) is 0 Å². The first kappa shape index (κ1) is 62.0. The molecule has 0 aliphatic carbocycles. The van der Waals surface area contributed by atoms with Crippen LogP contribution in [-0.2, 0) is 62.1 Å². The Bertz CT molecular complexity index is 31.4. The summed E-state index contributed by atoms with van der Waals surface area (Å²) in [5, 5.41) is 0. The largest absolute Gasteiger partial charge is 0.545 e. The third kappa shape index (κ3) is 3580. The summed E-state index contributed by atoms with van der Waals surface area (Å²) in [5.74, 6) is 0. The van der Waals surface area contributed by atoms with E-state index < -0.39 is 0 Å². The van der Waals surface area contributed by atoms with Crippen LogP contribution >= 0.6 is 0 Å². The van der Waals surface area contributed by atoms with E-state index >= 15 is 0 Å². The van der Waals surface area contributed by atoms with Gasteiger partial charge in [0.05, 0.1) is 0 Å². The van der Waals surface area contributed by atoms with E-state index in [1.54, 1.807) is 0 Å². The summed E-state index contributed by atoms with van der Waals surface area (Å²) < 4.78 is 0. The van der Waals surface area contributed by atoms with Crippen LogP contribution in [0.2, 0.25) is 0 Å². The summed E-state index contributed by atoms with van der Waals surface area (Å²) >= 11 is 0. The van der Waals surface area contributed by atoms with Gasteiger partial charge in [-0.2, -0.15) is 0 Å². The summed E-state index contributed by atoms with van der Waals surface area (Å²) in [6, 6.07) is 0. The molecule has 0 aromatic heterocycles. The summed E-state index contributed by atoms with van der Waals surface area (Å²) in [6.45, 7) is 16.2. The van der Waals surface area contributed by atoms with Gasteiger partial charge in [-0.15, -0.1) is 0 Å². The SMILES string of the molecule is [CH-]=O.[CH-]=O.[CH-]=O.[CH-]=O.[CH-]=O.[Fe].[Pt]. The van der Waals surface area contributed by atoms with Gasteiger partial charge in [-0.3, -0.25) is 33.9 Å². The average Bonchev–Trinajstić information content (AvgIpc) is 2.20. The van der Waals surface area contributed by atoms with E-state index in [-0.39, 0.29) is 38.1 Å². The maximum atomic E-state index is 7.75. The average molecular weight is 396 g/mol. The zero-order valence-electron chi connectivity index (χ0n) is 5.60. The summed E-state index contributed by atoms with van der Waals surface area (Å²) in [7, 11) is 0. The van der Waals surface area contributed by atoms with E-state index in [0.29, 0.717) is 0 Å². The molecule has 0 aromatic carbocycles. The molecule has 0 fully saturated rings. The fourth-order valence-corrected chi connectivity index (χ4v) is 0. The summed E-state index contributed by atoms with van der Waals surface area (Å²) in [6.07, 6.45) is 0. The number of hydrogen-bond donors (Lipinski definition) is 0. The van der Waals surface area contributed by atoms with Gasteiger partial charge in [-0.1, -0.05) is 0 Å². The molecule has 0 spiro atoms. The van der Waals surface area contributed by atoms with Crippen molar-refractivity contribution in [3.05, 3.63) is 0 Å². The van der Waals surface area contributed by atoms with Crippen molar-refractivity contribution in [3.63, 3.8) is 0 Å². The van der Waals surface area contributed by atoms with E-state index in [2.05, 4.69) is 33.9 Å². The fraction of sp³-hybridized carbons (Fsp3) is 0. The van der Waals surface area contributed by atoms with Gasteiger partial charge in [0.15, 0.2) is 0 Å². The van der Waals surface area contributed by atoms with E-state index in [9.17, 15) is 0 Å². The summed E-state index contributed by atoms with van der Waals surface area (Å²) in [4.78, 5) is 38.8. The molecule has 0 amide bonds. The molecule has 0 saturated carbocycles. The Balaban J connectivity index is -0.00000000500. The molecule has 0 saturated heterocycles. The first-order valence-electron chi connectivity index (χ1n) is 1.18. The zero-order chi connectivity index (χ0) is 10.0. The topological polar surface area (TPSA) is 85.3 Å². The van der Waals surface area contributed by atoms with Crippen LogP contribution in [0.1, 0.15) is 0 Å². The molecule has 7 heteroatoms. The molecule has 0 atom stereocenters. The molecule has 0 aromatic rings. The first-order valence-corrected chi connectivity index (χ1v) is 1.18. The monoisotopic (exact) mass is 396 g/mol. The van der Waals surface area contributed by atoms with Crippen LogP contribution in [0.15, 0.2) is 0 Å². The van der Waals surface area contributed by atoms with Crippen LogP contribution in [0.5, 0.6) is 0 Å². The predicted octanol–water partition coefficient (Wildman–Crippen LogP) is -1.38. The van der Waals surface area contributed by atoms with Crippen LogP contribution in [0.25, 0.3) is 0 Å². The van der Waals surface area contributed by atoms with Crippen LogP contribution in [0.4, 0.5) is 0 Å². The molecule has 0 heterocycles. The Morgan fingerprint density at radius 2 is 0.417 bits per heavy atom. The maximum Gasteiger partial charge on any atom is 0 e. The molecule has 78 valence electrons. The Kier molecular flexibility index (Phi) is 25500. The fourth-order valence-electron chi connectivity index (χ4n) is 0. The van der Waals surface area contributed by atoms with Crippen molar-refractivity contribution in [1.29, 1.82) is 0 Å². The molecule has 0 aliphatic heterocycles. The number of hydrogen-bond acceptors (Lipinski definition) is 5. The molecule has 0 unspecified atom stereocenters. The van der Waals surface area contributed by atoms with Crippen molar-refractivity contribution in [2.24, 2.45) is 0 Å². The van der Waals surface area contributed by atoms with Crippen LogP contribution in [-0.4, -0.2) is 33.9 Å². The maximum absolute atomic E-state index is 7.75. The molecule has 0 N–H and O–H groups in total. The Morgan fingerprint density at radius 3 is 0.417 bits per heavy atom. The Morgan fingerprint density at radius 1 is 0.417 bits per heavy atom. The van der Waals surface area contributed by atoms with Gasteiger partial charge in [-0.05, 0) is 0 Å². The smallest absolute Gasteiger partial charge is 0 e. The Hall–Kier alpha value is -0.442. The molecule has 0 aliphatic rings. The van der Waals surface area contributed by atoms with Crippen molar-refractivity contribution in [2.45, 2.75) is 0 Å². The van der Waals surface area contributed by atoms with Crippen molar-refractivity contribution in [2.75, 3.05) is 0 Å². The van der Waals surface area contributed by atoms with Crippen LogP contribution in [0, 0.1) is 0 Å². The first-order chi connectivity index (χ1) is 5.00. The number of rotatable bonds is 0. The van der Waals surface area contributed by atoms with Gasteiger partial charge in [0.1, 0.15) is 0 Å². The standard InChI is InChI=1S/5CHO.Fe.Pt/c5*1-2;;/h5*1H;;/q5*-1;;.